The molecule has 1 aromatic carbocycles. The molecule has 0 atom stereocenters. The number of rotatable bonds is 5. The molecule has 0 N–H and O–H groups in total. The zero-order chi connectivity index (χ0) is 12.2. The smallest absolute Gasteiger partial charge is 0.154 e. The largest absolute Gasteiger partial charge is 0.550 e. The van der Waals surface area contributed by atoms with Gasteiger partial charge in [0.2, 0.25) is 0 Å². The molecule has 0 aromatic heterocycles. The Labute approximate surface area is 94.8 Å². The summed E-state index contributed by atoms with van der Waals surface area (Å²) in [5.41, 5.74) is 1.72. The van der Waals surface area contributed by atoms with E-state index in [1.54, 1.807) is 12.1 Å². The number of carbonyl (C=O) groups is 1. The maximum absolute atomic E-state index is 11.5. The second-order valence-corrected chi connectivity index (χ2v) is 5.88. The van der Waals surface area contributed by atoms with E-state index in [0.717, 1.165) is 5.56 Å². The van der Waals surface area contributed by atoms with Crippen molar-refractivity contribution in [3.63, 3.8) is 0 Å². The average Bonchev–Trinajstić information content (AvgIpc) is 2.19. The third kappa shape index (κ3) is 4.44. The lowest BCUT2D eigenvalue weighted by atomic mass is 10.2. The second kappa shape index (κ2) is 5.12. The molecule has 0 aliphatic carbocycles. The zero-order valence-electron chi connectivity index (χ0n) is 8.97. The van der Waals surface area contributed by atoms with E-state index in [1.165, 1.54) is 0 Å². The van der Waals surface area contributed by atoms with Crippen molar-refractivity contribution in [3.8, 4) is 0 Å². The van der Waals surface area contributed by atoms with Crippen LogP contribution < -0.4 is 5.11 Å². The van der Waals surface area contributed by atoms with E-state index in [0.29, 0.717) is 5.56 Å². The number of sulfone groups is 1. The van der Waals surface area contributed by atoms with Crippen molar-refractivity contribution >= 4 is 15.8 Å². The minimum absolute atomic E-state index is 0.124. The van der Waals surface area contributed by atoms with E-state index in [2.05, 4.69) is 0 Å². The Kier molecular flexibility index (Phi) is 4.06. The van der Waals surface area contributed by atoms with Gasteiger partial charge in [-0.25, -0.2) is 8.42 Å². The van der Waals surface area contributed by atoms with Crippen molar-refractivity contribution in [1.29, 1.82) is 0 Å². The van der Waals surface area contributed by atoms with Crippen molar-refractivity contribution in [3.05, 3.63) is 35.4 Å². The summed E-state index contributed by atoms with van der Waals surface area (Å²) in [7, 11) is -3.36. The number of hydrogen-bond acceptors (Lipinski definition) is 4. The molecule has 0 unspecified atom stereocenters. The maximum atomic E-state index is 11.5. The number of aryl methyl sites for hydroxylation is 1. The van der Waals surface area contributed by atoms with Gasteiger partial charge >= 0.3 is 0 Å². The molecule has 0 radical (unpaired) electrons. The molecule has 0 saturated carbocycles. The molecule has 0 amide bonds. The fourth-order valence-electron chi connectivity index (χ4n) is 1.25. The fourth-order valence-corrected chi connectivity index (χ4v) is 2.57. The van der Waals surface area contributed by atoms with Gasteiger partial charge in [0, 0.05) is 12.4 Å². The molecule has 0 spiro atoms. The van der Waals surface area contributed by atoms with Gasteiger partial charge in [0.25, 0.3) is 0 Å². The van der Waals surface area contributed by atoms with Crippen molar-refractivity contribution in [2.75, 3.05) is 5.75 Å². The Balaban J connectivity index is 2.65. The van der Waals surface area contributed by atoms with Crippen LogP contribution in [0.4, 0.5) is 0 Å². The summed E-state index contributed by atoms with van der Waals surface area (Å²) in [5.74, 6) is -1.84. The average molecular weight is 241 g/mol. The third-order valence-corrected chi connectivity index (χ3v) is 3.72. The molecule has 0 heterocycles. The van der Waals surface area contributed by atoms with Gasteiger partial charge in [0.1, 0.15) is 0 Å². The number of hydrogen-bond donors (Lipinski definition) is 0. The van der Waals surface area contributed by atoms with E-state index in [4.69, 9.17) is 0 Å². The highest BCUT2D eigenvalue weighted by atomic mass is 32.2. The fraction of sp³-hybridized carbons (Fsp3) is 0.364. The molecule has 0 aliphatic heterocycles. The molecule has 4 nitrogen and oxygen atoms in total. The highest BCUT2D eigenvalue weighted by Gasteiger charge is 2.11. The molecular weight excluding hydrogens is 228 g/mol. The SMILES string of the molecule is Cc1ccc(CS(=O)(=O)CCC(=O)[O-])cc1. The topological polar surface area (TPSA) is 74.3 Å². The van der Waals surface area contributed by atoms with Crippen LogP contribution in [0.5, 0.6) is 0 Å². The number of aliphatic carboxylic acids is 1. The third-order valence-electron chi connectivity index (χ3n) is 2.12. The summed E-state index contributed by atoms with van der Waals surface area (Å²) in [4.78, 5) is 10.2. The van der Waals surface area contributed by atoms with Gasteiger partial charge in [-0.15, -0.1) is 0 Å². The van der Waals surface area contributed by atoms with Gasteiger partial charge in [-0.1, -0.05) is 29.8 Å². The molecule has 16 heavy (non-hydrogen) atoms. The summed E-state index contributed by atoms with van der Waals surface area (Å²) < 4.78 is 23.0. The van der Waals surface area contributed by atoms with Crippen molar-refractivity contribution in [2.24, 2.45) is 0 Å². The molecule has 1 aromatic rings. The number of carbonyl (C=O) groups excluding carboxylic acids is 1. The van der Waals surface area contributed by atoms with Gasteiger partial charge in [-0.2, -0.15) is 0 Å². The van der Waals surface area contributed by atoms with Crippen LogP contribution in [0.25, 0.3) is 0 Å². The normalized spacial score (nSPS) is 11.3. The van der Waals surface area contributed by atoms with Crippen LogP contribution in [-0.2, 0) is 20.4 Å². The van der Waals surface area contributed by atoms with Crippen LogP contribution in [0.2, 0.25) is 0 Å². The molecular formula is C11H13O4S-. The Hall–Kier alpha value is -1.36. The van der Waals surface area contributed by atoms with Crippen LogP contribution in [0.1, 0.15) is 17.5 Å². The number of carboxylic acid groups (broad SMARTS) is 1. The van der Waals surface area contributed by atoms with Crippen molar-refractivity contribution < 1.29 is 18.3 Å². The van der Waals surface area contributed by atoms with E-state index < -0.39 is 22.2 Å². The standard InChI is InChI=1S/C11H14O4S/c1-9-2-4-10(5-3-9)8-16(14,15)7-6-11(12)13/h2-5H,6-8H2,1H3,(H,12,13)/p-1. The van der Waals surface area contributed by atoms with Crippen LogP contribution in [-0.4, -0.2) is 20.1 Å². The van der Waals surface area contributed by atoms with Crippen LogP contribution in [0.3, 0.4) is 0 Å². The lowest BCUT2D eigenvalue weighted by Gasteiger charge is -2.05. The first-order chi connectivity index (χ1) is 7.39. The Morgan fingerprint density at radius 2 is 1.81 bits per heavy atom. The zero-order valence-corrected chi connectivity index (χ0v) is 9.79. The summed E-state index contributed by atoms with van der Waals surface area (Å²) in [6.45, 7) is 1.91. The van der Waals surface area contributed by atoms with Gasteiger partial charge in [-0.05, 0) is 12.5 Å². The first-order valence-corrected chi connectivity index (χ1v) is 6.67. The molecule has 88 valence electrons. The van der Waals surface area contributed by atoms with E-state index in [9.17, 15) is 18.3 Å². The van der Waals surface area contributed by atoms with Crippen molar-refractivity contribution in [2.45, 2.75) is 19.1 Å². The number of benzene rings is 1. The Morgan fingerprint density at radius 3 is 2.31 bits per heavy atom. The van der Waals surface area contributed by atoms with Crippen molar-refractivity contribution in [1.82, 2.24) is 0 Å². The predicted octanol–water partition coefficient (Wildman–Crippen LogP) is 0.0498. The monoisotopic (exact) mass is 241 g/mol. The molecule has 0 saturated heterocycles. The second-order valence-electron chi connectivity index (χ2n) is 3.70. The lowest BCUT2D eigenvalue weighted by molar-refractivity contribution is -0.305. The van der Waals surface area contributed by atoms with E-state index in [-0.39, 0.29) is 11.5 Å². The van der Waals surface area contributed by atoms with E-state index in [1.807, 2.05) is 19.1 Å². The van der Waals surface area contributed by atoms with Crippen LogP contribution >= 0.6 is 0 Å². The summed E-state index contributed by atoms with van der Waals surface area (Å²) in [6, 6.07) is 7.10. The van der Waals surface area contributed by atoms with Crippen LogP contribution in [0, 0.1) is 6.92 Å². The Morgan fingerprint density at radius 1 is 1.25 bits per heavy atom. The summed E-state index contributed by atoms with van der Waals surface area (Å²) >= 11 is 0. The summed E-state index contributed by atoms with van der Waals surface area (Å²) in [5, 5.41) is 10.2. The van der Waals surface area contributed by atoms with E-state index >= 15 is 0 Å². The molecule has 5 heteroatoms. The van der Waals surface area contributed by atoms with Gasteiger partial charge in [0.15, 0.2) is 9.84 Å². The van der Waals surface area contributed by atoms with Gasteiger partial charge < -0.3 is 9.90 Å². The predicted molar refractivity (Wildman–Crippen MR) is 58.3 cm³/mol. The molecule has 0 aliphatic rings. The highest BCUT2D eigenvalue weighted by molar-refractivity contribution is 7.90. The van der Waals surface area contributed by atoms with Crippen LogP contribution in [0.15, 0.2) is 24.3 Å². The minimum Gasteiger partial charge on any atom is -0.550 e. The highest BCUT2D eigenvalue weighted by Crippen LogP contribution is 2.09. The lowest BCUT2D eigenvalue weighted by Crippen LogP contribution is -2.25. The quantitative estimate of drug-likeness (QED) is 0.730. The summed E-state index contributed by atoms with van der Waals surface area (Å²) in [6.07, 6.45) is -0.450. The minimum atomic E-state index is -3.36. The van der Waals surface area contributed by atoms with Gasteiger partial charge in [-0.3, -0.25) is 0 Å². The molecule has 0 bridgehead atoms. The first kappa shape index (κ1) is 12.7. The van der Waals surface area contributed by atoms with Gasteiger partial charge in [0.05, 0.1) is 11.5 Å². The number of carboxylic acids is 1. The maximum Gasteiger partial charge on any atom is 0.154 e. The first-order valence-electron chi connectivity index (χ1n) is 4.85. The molecule has 0 fully saturated rings. The Bertz CT molecular complexity index is 459. The molecule has 1 rings (SSSR count).